The summed E-state index contributed by atoms with van der Waals surface area (Å²) in [6, 6.07) is 0.344. The summed E-state index contributed by atoms with van der Waals surface area (Å²) in [5.41, 5.74) is 0. The molecule has 68 valence electrons. The van der Waals surface area contributed by atoms with Gasteiger partial charge in [0.2, 0.25) is 6.41 Å². The summed E-state index contributed by atoms with van der Waals surface area (Å²) in [5, 5.41) is 2.82. The highest BCUT2D eigenvalue weighted by atomic mass is 16.1. The van der Waals surface area contributed by atoms with Crippen molar-refractivity contribution in [1.82, 2.24) is 10.2 Å². The quantitative estimate of drug-likeness (QED) is 0.486. The second kappa shape index (κ2) is 4.93. The molecular weight excluding hydrogens is 152 g/mol. The Kier molecular flexibility index (Phi) is 3.80. The summed E-state index contributed by atoms with van der Waals surface area (Å²) >= 11 is 0. The lowest BCUT2D eigenvalue weighted by molar-refractivity contribution is -0.110. The lowest BCUT2D eigenvalue weighted by atomic mass is 10.1. The minimum Gasteiger partial charge on any atom is -0.355 e. The molecule has 0 aliphatic carbocycles. The first-order valence-corrected chi connectivity index (χ1v) is 4.39. The van der Waals surface area contributed by atoms with E-state index in [1.165, 1.54) is 6.42 Å². The molecule has 0 aromatic carbocycles. The SMILES string of the molecule is C=CCN1CCCC(NC=O)C1. The van der Waals surface area contributed by atoms with Crippen LogP contribution in [0.2, 0.25) is 0 Å². The van der Waals surface area contributed by atoms with E-state index in [1.54, 1.807) is 0 Å². The Morgan fingerprint density at radius 1 is 1.67 bits per heavy atom. The fourth-order valence-corrected chi connectivity index (χ4v) is 1.64. The molecule has 1 fully saturated rings. The first-order valence-electron chi connectivity index (χ1n) is 4.39. The predicted molar refractivity (Wildman–Crippen MR) is 48.9 cm³/mol. The van der Waals surface area contributed by atoms with Crippen LogP contribution in [0.3, 0.4) is 0 Å². The zero-order valence-corrected chi connectivity index (χ0v) is 7.33. The number of amides is 1. The van der Waals surface area contributed by atoms with Gasteiger partial charge in [-0.3, -0.25) is 9.69 Å². The van der Waals surface area contributed by atoms with E-state index in [2.05, 4.69) is 16.8 Å². The number of nitrogens with zero attached hydrogens (tertiary/aromatic N) is 1. The third-order valence-corrected chi connectivity index (χ3v) is 2.20. The second-order valence-corrected chi connectivity index (χ2v) is 3.17. The molecule has 1 amide bonds. The van der Waals surface area contributed by atoms with E-state index in [0.29, 0.717) is 6.04 Å². The maximum Gasteiger partial charge on any atom is 0.207 e. The topological polar surface area (TPSA) is 32.3 Å². The maximum atomic E-state index is 10.2. The molecule has 1 unspecified atom stereocenters. The van der Waals surface area contributed by atoms with Crippen LogP contribution in [0.5, 0.6) is 0 Å². The van der Waals surface area contributed by atoms with Gasteiger partial charge in [-0.1, -0.05) is 6.08 Å². The van der Waals surface area contributed by atoms with Gasteiger partial charge < -0.3 is 5.32 Å². The molecule has 12 heavy (non-hydrogen) atoms. The van der Waals surface area contributed by atoms with Crippen LogP contribution < -0.4 is 5.32 Å². The maximum absolute atomic E-state index is 10.2. The smallest absolute Gasteiger partial charge is 0.207 e. The highest BCUT2D eigenvalue weighted by molar-refractivity contribution is 5.46. The van der Waals surface area contributed by atoms with Crippen molar-refractivity contribution in [2.45, 2.75) is 18.9 Å². The molecule has 1 saturated heterocycles. The van der Waals surface area contributed by atoms with Gasteiger partial charge in [0.15, 0.2) is 0 Å². The molecule has 0 aromatic heterocycles. The molecule has 1 atom stereocenters. The molecule has 1 aliphatic heterocycles. The highest BCUT2D eigenvalue weighted by Crippen LogP contribution is 2.08. The van der Waals surface area contributed by atoms with Gasteiger partial charge >= 0.3 is 0 Å². The summed E-state index contributed by atoms with van der Waals surface area (Å²) in [6.45, 7) is 6.71. The third-order valence-electron chi connectivity index (χ3n) is 2.20. The second-order valence-electron chi connectivity index (χ2n) is 3.17. The van der Waals surface area contributed by atoms with Crippen LogP contribution in [0.1, 0.15) is 12.8 Å². The van der Waals surface area contributed by atoms with E-state index in [4.69, 9.17) is 0 Å². The Morgan fingerprint density at radius 3 is 3.17 bits per heavy atom. The van der Waals surface area contributed by atoms with Crippen molar-refractivity contribution in [3.05, 3.63) is 12.7 Å². The van der Waals surface area contributed by atoms with Crippen molar-refractivity contribution in [1.29, 1.82) is 0 Å². The van der Waals surface area contributed by atoms with E-state index >= 15 is 0 Å². The fourth-order valence-electron chi connectivity index (χ4n) is 1.64. The molecular formula is C9H16N2O. The number of rotatable bonds is 4. The van der Waals surface area contributed by atoms with E-state index in [-0.39, 0.29) is 0 Å². The molecule has 3 heteroatoms. The van der Waals surface area contributed by atoms with Gasteiger partial charge in [0.25, 0.3) is 0 Å². The zero-order valence-electron chi connectivity index (χ0n) is 7.33. The van der Waals surface area contributed by atoms with Crippen LogP contribution in [0.4, 0.5) is 0 Å². The average Bonchev–Trinajstić information content (AvgIpc) is 2.06. The van der Waals surface area contributed by atoms with Crippen LogP contribution >= 0.6 is 0 Å². The van der Waals surface area contributed by atoms with Gasteiger partial charge in [0.1, 0.15) is 0 Å². The van der Waals surface area contributed by atoms with Crippen molar-refractivity contribution >= 4 is 6.41 Å². The number of hydrogen-bond acceptors (Lipinski definition) is 2. The van der Waals surface area contributed by atoms with Gasteiger partial charge in [-0.05, 0) is 19.4 Å². The van der Waals surface area contributed by atoms with Crippen molar-refractivity contribution in [2.75, 3.05) is 19.6 Å². The summed E-state index contributed by atoms with van der Waals surface area (Å²) in [5.74, 6) is 0. The molecule has 0 radical (unpaired) electrons. The molecule has 3 nitrogen and oxygen atoms in total. The van der Waals surface area contributed by atoms with Gasteiger partial charge in [0.05, 0.1) is 0 Å². The van der Waals surface area contributed by atoms with Crippen molar-refractivity contribution in [3.63, 3.8) is 0 Å². The number of nitrogens with one attached hydrogen (secondary N) is 1. The molecule has 1 rings (SSSR count). The first kappa shape index (κ1) is 9.26. The highest BCUT2D eigenvalue weighted by Gasteiger charge is 2.17. The third kappa shape index (κ3) is 2.66. The number of carbonyl (C=O) groups is 1. The summed E-state index contributed by atoms with van der Waals surface area (Å²) in [4.78, 5) is 12.5. The first-order chi connectivity index (χ1) is 5.86. The molecule has 0 aromatic rings. The molecule has 1 N–H and O–H groups in total. The minimum atomic E-state index is 0.344. The number of hydrogen-bond donors (Lipinski definition) is 1. The molecule has 0 saturated carbocycles. The standard InChI is InChI=1S/C9H16N2O/c1-2-5-11-6-3-4-9(7-11)10-8-12/h2,8-9H,1,3-7H2,(H,10,12). The molecule has 0 spiro atoms. The van der Waals surface area contributed by atoms with Crippen molar-refractivity contribution < 1.29 is 4.79 Å². The Balaban J connectivity index is 2.29. The number of likely N-dealkylation sites (tertiary alicyclic amines) is 1. The van der Waals surface area contributed by atoms with E-state index in [9.17, 15) is 4.79 Å². The van der Waals surface area contributed by atoms with Crippen LogP contribution in [0, 0.1) is 0 Å². The van der Waals surface area contributed by atoms with Crippen molar-refractivity contribution in [3.8, 4) is 0 Å². The zero-order chi connectivity index (χ0) is 8.81. The number of piperidine rings is 1. The van der Waals surface area contributed by atoms with Crippen LogP contribution in [-0.2, 0) is 4.79 Å². The largest absolute Gasteiger partial charge is 0.355 e. The summed E-state index contributed by atoms with van der Waals surface area (Å²) < 4.78 is 0. The fraction of sp³-hybridized carbons (Fsp3) is 0.667. The average molecular weight is 168 g/mol. The lowest BCUT2D eigenvalue weighted by Gasteiger charge is -2.31. The van der Waals surface area contributed by atoms with Gasteiger partial charge in [-0.2, -0.15) is 0 Å². The number of carbonyl (C=O) groups excluding carboxylic acids is 1. The molecule has 1 aliphatic rings. The van der Waals surface area contributed by atoms with Gasteiger partial charge in [-0.15, -0.1) is 6.58 Å². The summed E-state index contributed by atoms with van der Waals surface area (Å²) in [7, 11) is 0. The van der Waals surface area contributed by atoms with E-state index in [1.807, 2.05) is 6.08 Å². The predicted octanol–water partition coefficient (Wildman–Crippen LogP) is 0.383. The monoisotopic (exact) mass is 168 g/mol. The van der Waals surface area contributed by atoms with E-state index in [0.717, 1.165) is 32.5 Å². The minimum absolute atomic E-state index is 0.344. The Hall–Kier alpha value is -0.830. The van der Waals surface area contributed by atoms with Gasteiger partial charge in [0, 0.05) is 19.1 Å². The van der Waals surface area contributed by atoms with Crippen LogP contribution in [-0.4, -0.2) is 37.0 Å². The Bertz CT molecular complexity index is 143. The van der Waals surface area contributed by atoms with Crippen molar-refractivity contribution in [2.24, 2.45) is 0 Å². The molecule has 0 bridgehead atoms. The van der Waals surface area contributed by atoms with Gasteiger partial charge in [-0.25, -0.2) is 0 Å². The van der Waals surface area contributed by atoms with E-state index < -0.39 is 0 Å². The van der Waals surface area contributed by atoms with Crippen LogP contribution in [0.15, 0.2) is 12.7 Å². The normalized spacial score (nSPS) is 24.8. The van der Waals surface area contributed by atoms with Crippen LogP contribution in [0.25, 0.3) is 0 Å². The Morgan fingerprint density at radius 2 is 2.50 bits per heavy atom. The Labute approximate surface area is 73.4 Å². The summed E-state index contributed by atoms with van der Waals surface area (Å²) in [6.07, 6.45) is 4.97. The molecule has 1 heterocycles. The lowest BCUT2D eigenvalue weighted by Crippen LogP contribution is -2.45.